The fourth-order valence-electron chi connectivity index (χ4n) is 4.38. The van der Waals surface area contributed by atoms with Gasteiger partial charge in [0.25, 0.3) is 5.91 Å². The summed E-state index contributed by atoms with van der Waals surface area (Å²) in [6.45, 7) is 0.428. The van der Waals surface area contributed by atoms with Crippen molar-refractivity contribution in [1.29, 1.82) is 0 Å². The molecule has 9 heteroatoms. The highest BCUT2D eigenvalue weighted by Gasteiger charge is 2.38. The van der Waals surface area contributed by atoms with Crippen molar-refractivity contribution in [2.45, 2.75) is 23.3 Å². The van der Waals surface area contributed by atoms with E-state index in [1.807, 2.05) is 0 Å². The summed E-state index contributed by atoms with van der Waals surface area (Å²) >= 11 is 1.29. The molecule has 2 heterocycles. The first-order valence-corrected chi connectivity index (χ1v) is 12.2. The third-order valence-corrected chi connectivity index (χ3v) is 7.31. The molecule has 0 unspecified atom stereocenters. The van der Waals surface area contributed by atoms with Gasteiger partial charge in [0.1, 0.15) is 5.82 Å². The maximum Gasteiger partial charge on any atom is 0.253 e. The first-order valence-electron chi connectivity index (χ1n) is 11.4. The van der Waals surface area contributed by atoms with Crippen molar-refractivity contribution in [3.05, 3.63) is 102 Å². The number of carbonyl (C=O) groups is 1. The van der Waals surface area contributed by atoms with Gasteiger partial charge >= 0.3 is 0 Å². The smallest absolute Gasteiger partial charge is 0.253 e. The molecule has 0 atom stereocenters. The maximum absolute atomic E-state index is 14.2. The highest BCUT2D eigenvalue weighted by atomic mass is 32.2. The fraction of sp³-hybridized carbons (Fsp3) is 0.185. The number of nitrogens with one attached hydrogen (secondary N) is 1. The van der Waals surface area contributed by atoms with Crippen LogP contribution in [-0.4, -0.2) is 34.0 Å². The van der Waals surface area contributed by atoms with E-state index in [1.165, 1.54) is 30.1 Å². The average molecular weight is 510 g/mol. The van der Waals surface area contributed by atoms with E-state index in [-0.39, 0.29) is 43.2 Å². The van der Waals surface area contributed by atoms with Gasteiger partial charge in [-0.05, 0) is 79.4 Å². The maximum atomic E-state index is 14.2. The molecule has 5 nitrogen and oxygen atoms in total. The minimum Gasteiger partial charge on any atom is -0.385 e. The van der Waals surface area contributed by atoms with Crippen LogP contribution >= 0.6 is 11.9 Å². The van der Waals surface area contributed by atoms with Gasteiger partial charge in [-0.25, -0.2) is 13.2 Å². The normalized spacial score (nSPS) is 15.2. The quantitative estimate of drug-likeness (QED) is 0.328. The van der Waals surface area contributed by atoms with E-state index < -0.39 is 17.2 Å². The molecule has 3 aromatic carbocycles. The van der Waals surface area contributed by atoms with Crippen molar-refractivity contribution in [2.24, 2.45) is 0 Å². The minimum atomic E-state index is -1.52. The third-order valence-electron chi connectivity index (χ3n) is 6.42. The molecule has 1 saturated heterocycles. The van der Waals surface area contributed by atoms with Crippen molar-refractivity contribution in [3.8, 4) is 0 Å². The first-order chi connectivity index (χ1) is 17.4. The summed E-state index contributed by atoms with van der Waals surface area (Å²) < 4.78 is 45.0. The Hall–Kier alpha value is -3.56. The van der Waals surface area contributed by atoms with Crippen molar-refractivity contribution < 1.29 is 23.1 Å². The Kier molecular flexibility index (Phi) is 6.59. The molecule has 1 fully saturated rings. The van der Waals surface area contributed by atoms with Gasteiger partial charge in [-0.3, -0.25) is 9.78 Å². The number of piperidine rings is 1. The number of pyridine rings is 1. The number of aromatic nitrogens is 1. The summed E-state index contributed by atoms with van der Waals surface area (Å²) in [6.07, 6.45) is 1.83. The molecule has 1 aromatic heterocycles. The SMILES string of the molecule is O=C(c1ccc(NSc2ccc(F)c3cccnc23)cc1)N1CCC(O)(c2cccc(F)c2F)CC1. The van der Waals surface area contributed by atoms with Gasteiger partial charge in [-0.1, -0.05) is 12.1 Å². The van der Waals surface area contributed by atoms with Crippen LogP contribution in [0.25, 0.3) is 10.9 Å². The number of halogens is 3. The number of carbonyl (C=O) groups excluding carboxylic acids is 1. The standard InChI is InChI=1S/C27H22F3N3O2S/c28-21-10-11-23(25-19(21)3-2-14-31-25)36-32-18-8-6-17(7-9-18)26(34)33-15-12-27(35,13-16-33)20-4-1-5-22(29)24(20)30/h1-11,14,32,35H,12-13,15-16H2. The van der Waals surface area contributed by atoms with E-state index in [1.54, 1.807) is 53.6 Å². The van der Waals surface area contributed by atoms with E-state index in [0.717, 1.165) is 16.6 Å². The molecule has 0 saturated carbocycles. The zero-order chi connectivity index (χ0) is 25.3. The first kappa shape index (κ1) is 24.1. The van der Waals surface area contributed by atoms with Gasteiger partial charge in [-0.2, -0.15) is 0 Å². The number of anilines is 1. The van der Waals surface area contributed by atoms with Crippen LogP contribution in [0.15, 0.2) is 77.8 Å². The Bertz CT molecular complexity index is 1420. The zero-order valence-corrected chi connectivity index (χ0v) is 19.9. The summed E-state index contributed by atoms with van der Waals surface area (Å²) in [5.41, 5.74) is 0.186. The lowest BCUT2D eigenvalue weighted by atomic mass is 9.84. The predicted octanol–water partition coefficient (Wildman–Crippen LogP) is 5.90. The van der Waals surface area contributed by atoms with E-state index in [0.29, 0.717) is 16.5 Å². The van der Waals surface area contributed by atoms with Crippen LogP contribution in [0.1, 0.15) is 28.8 Å². The number of rotatable bonds is 5. The average Bonchev–Trinajstić information content (AvgIpc) is 2.90. The number of aliphatic hydroxyl groups is 1. The van der Waals surface area contributed by atoms with Crippen LogP contribution in [0.5, 0.6) is 0 Å². The molecule has 1 aliphatic rings. The van der Waals surface area contributed by atoms with Crippen LogP contribution in [-0.2, 0) is 5.60 Å². The largest absolute Gasteiger partial charge is 0.385 e. The van der Waals surface area contributed by atoms with E-state index in [2.05, 4.69) is 9.71 Å². The molecule has 0 radical (unpaired) electrons. The van der Waals surface area contributed by atoms with Crippen LogP contribution in [0.4, 0.5) is 18.9 Å². The van der Waals surface area contributed by atoms with Crippen molar-refractivity contribution in [3.63, 3.8) is 0 Å². The molecule has 5 rings (SSSR count). The van der Waals surface area contributed by atoms with Gasteiger partial charge in [0, 0.05) is 41.5 Å². The fourth-order valence-corrected chi connectivity index (χ4v) is 5.14. The van der Waals surface area contributed by atoms with Gasteiger partial charge in [0.05, 0.1) is 16.0 Å². The number of nitrogens with zero attached hydrogens (tertiary/aromatic N) is 2. The van der Waals surface area contributed by atoms with Gasteiger partial charge in [0.15, 0.2) is 11.6 Å². The van der Waals surface area contributed by atoms with Crippen molar-refractivity contribution in [2.75, 3.05) is 17.8 Å². The second kappa shape index (κ2) is 9.83. The number of benzene rings is 3. The second-order valence-electron chi connectivity index (χ2n) is 8.65. The summed E-state index contributed by atoms with van der Waals surface area (Å²) in [7, 11) is 0. The summed E-state index contributed by atoms with van der Waals surface area (Å²) in [6, 6.07) is 17.1. The predicted molar refractivity (Wildman–Crippen MR) is 133 cm³/mol. The van der Waals surface area contributed by atoms with E-state index in [4.69, 9.17) is 0 Å². The molecule has 2 N–H and O–H groups in total. The van der Waals surface area contributed by atoms with Crippen molar-refractivity contribution >= 4 is 34.4 Å². The summed E-state index contributed by atoms with van der Waals surface area (Å²) in [4.78, 5) is 19.6. The van der Waals surface area contributed by atoms with Crippen LogP contribution < -0.4 is 4.72 Å². The number of likely N-dealkylation sites (tertiary alicyclic amines) is 1. The Labute approximate surface area is 210 Å². The molecule has 0 spiro atoms. The third kappa shape index (κ3) is 4.64. The molecule has 184 valence electrons. The lowest BCUT2D eigenvalue weighted by Gasteiger charge is -2.38. The van der Waals surface area contributed by atoms with Crippen LogP contribution in [0.2, 0.25) is 0 Å². The molecule has 36 heavy (non-hydrogen) atoms. The van der Waals surface area contributed by atoms with Crippen LogP contribution in [0.3, 0.4) is 0 Å². The Morgan fingerprint density at radius 3 is 2.44 bits per heavy atom. The van der Waals surface area contributed by atoms with E-state index in [9.17, 15) is 23.1 Å². The van der Waals surface area contributed by atoms with Gasteiger partial charge < -0.3 is 14.7 Å². The summed E-state index contributed by atoms with van der Waals surface area (Å²) in [5.74, 6) is -2.59. The molecular weight excluding hydrogens is 487 g/mol. The lowest BCUT2D eigenvalue weighted by molar-refractivity contribution is -0.0240. The molecule has 0 aliphatic carbocycles. The number of fused-ring (bicyclic) bond motifs is 1. The molecule has 4 aromatic rings. The van der Waals surface area contributed by atoms with Gasteiger partial charge in [-0.15, -0.1) is 0 Å². The van der Waals surface area contributed by atoms with Crippen LogP contribution in [0, 0.1) is 17.5 Å². The monoisotopic (exact) mass is 509 g/mol. The number of amides is 1. The second-order valence-corrected chi connectivity index (χ2v) is 9.50. The zero-order valence-electron chi connectivity index (χ0n) is 19.0. The number of hydrogen-bond acceptors (Lipinski definition) is 5. The Morgan fingerprint density at radius 2 is 1.69 bits per heavy atom. The molecular formula is C27H22F3N3O2S. The Morgan fingerprint density at radius 1 is 0.944 bits per heavy atom. The summed E-state index contributed by atoms with van der Waals surface area (Å²) in [5, 5.41) is 11.4. The highest BCUT2D eigenvalue weighted by Crippen LogP contribution is 2.35. The van der Waals surface area contributed by atoms with Crippen molar-refractivity contribution in [1.82, 2.24) is 9.88 Å². The molecule has 1 aliphatic heterocycles. The topological polar surface area (TPSA) is 65.5 Å². The Balaban J connectivity index is 1.22. The van der Waals surface area contributed by atoms with E-state index >= 15 is 0 Å². The number of hydrogen-bond donors (Lipinski definition) is 2. The van der Waals surface area contributed by atoms with Gasteiger partial charge in [0.2, 0.25) is 0 Å². The minimum absolute atomic E-state index is 0.0772. The molecule has 1 amide bonds. The molecule has 0 bridgehead atoms. The highest BCUT2D eigenvalue weighted by molar-refractivity contribution is 8.00. The lowest BCUT2D eigenvalue weighted by Crippen LogP contribution is -2.45.